The molecule has 13 heavy (non-hydrogen) atoms. The minimum absolute atomic E-state index is 0.467. The Kier molecular flexibility index (Phi) is 1.95. The van der Waals surface area contributed by atoms with Crippen molar-refractivity contribution >= 4 is 5.95 Å². The lowest BCUT2D eigenvalue weighted by atomic mass is 10.4. The van der Waals surface area contributed by atoms with Crippen molar-refractivity contribution in [2.75, 3.05) is 5.32 Å². The van der Waals surface area contributed by atoms with E-state index < -0.39 is 0 Å². The molecule has 2 aromatic rings. The average molecular weight is 179 g/mol. The quantitative estimate of drug-likeness (QED) is 0.725. The lowest BCUT2D eigenvalue weighted by Gasteiger charge is -1.95. The second-order valence-electron chi connectivity index (χ2n) is 2.60. The summed E-state index contributed by atoms with van der Waals surface area (Å²) in [7, 11) is 0. The lowest BCUT2D eigenvalue weighted by Crippen LogP contribution is -1.99. The van der Waals surface area contributed by atoms with E-state index in [-0.39, 0.29) is 0 Å². The zero-order valence-corrected chi connectivity index (χ0v) is 7.11. The van der Waals surface area contributed by atoms with E-state index in [1.807, 2.05) is 19.1 Å². The molecule has 0 aliphatic carbocycles. The van der Waals surface area contributed by atoms with Gasteiger partial charge in [0.1, 0.15) is 11.5 Å². The Hall–Kier alpha value is -1.85. The normalized spacial score (nSPS) is 10.2. The minimum atomic E-state index is 0.467. The van der Waals surface area contributed by atoms with Crippen molar-refractivity contribution in [3.8, 4) is 0 Å². The van der Waals surface area contributed by atoms with Gasteiger partial charge in [0.15, 0.2) is 0 Å². The molecule has 6 heteroatoms. The molecule has 0 spiro atoms. The Labute approximate surface area is 74.3 Å². The molecule has 0 bridgehead atoms. The zero-order chi connectivity index (χ0) is 9.10. The number of aromatic amines is 1. The number of hydrogen-bond acceptors (Lipinski definition) is 5. The van der Waals surface area contributed by atoms with Crippen LogP contribution in [-0.2, 0) is 6.54 Å². The molecular formula is C7H9N5O. The van der Waals surface area contributed by atoms with Crippen LogP contribution in [0.25, 0.3) is 0 Å². The number of H-pyrrole nitrogens is 1. The van der Waals surface area contributed by atoms with Crippen LogP contribution in [0.3, 0.4) is 0 Å². The maximum Gasteiger partial charge on any atom is 0.263 e. The monoisotopic (exact) mass is 179 g/mol. The standard InChI is InChI=1S/C7H9N5O/c1-5-2-3-6(13-5)4-8-7-9-11-12-10-7/h2-3H,4H2,1H3,(H2,8,9,10,11,12). The van der Waals surface area contributed by atoms with Gasteiger partial charge in [0.05, 0.1) is 6.54 Å². The number of furan rings is 1. The van der Waals surface area contributed by atoms with E-state index in [0.29, 0.717) is 12.5 Å². The third-order valence-corrected chi connectivity index (χ3v) is 1.56. The number of aromatic nitrogens is 4. The lowest BCUT2D eigenvalue weighted by molar-refractivity contribution is 0.490. The van der Waals surface area contributed by atoms with Crippen molar-refractivity contribution in [1.82, 2.24) is 20.6 Å². The van der Waals surface area contributed by atoms with Crippen LogP contribution in [0.1, 0.15) is 11.5 Å². The van der Waals surface area contributed by atoms with E-state index in [2.05, 4.69) is 25.9 Å². The molecule has 0 radical (unpaired) electrons. The molecule has 2 N–H and O–H groups in total. The second kappa shape index (κ2) is 3.26. The van der Waals surface area contributed by atoms with Gasteiger partial charge in [-0.3, -0.25) is 0 Å². The van der Waals surface area contributed by atoms with Gasteiger partial charge in [-0.25, -0.2) is 0 Å². The number of tetrazole rings is 1. The topological polar surface area (TPSA) is 79.6 Å². The summed E-state index contributed by atoms with van der Waals surface area (Å²) < 4.78 is 5.33. The van der Waals surface area contributed by atoms with Crippen molar-refractivity contribution in [3.05, 3.63) is 23.7 Å². The van der Waals surface area contributed by atoms with Gasteiger partial charge in [0.2, 0.25) is 0 Å². The third kappa shape index (κ3) is 1.84. The molecule has 6 nitrogen and oxygen atoms in total. The van der Waals surface area contributed by atoms with E-state index in [4.69, 9.17) is 4.42 Å². The highest BCUT2D eigenvalue weighted by molar-refractivity contribution is 5.20. The molecule has 0 aromatic carbocycles. The first-order valence-electron chi connectivity index (χ1n) is 3.87. The van der Waals surface area contributed by atoms with Crippen molar-refractivity contribution in [1.29, 1.82) is 0 Å². The molecule has 2 heterocycles. The predicted octanol–water partition coefficient (Wildman–Crippen LogP) is 0.713. The molecular weight excluding hydrogens is 170 g/mol. The summed E-state index contributed by atoms with van der Waals surface area (Å²) in [6.07, 6.45) is 0. The van der Waals surface area contributed by atoms with E-state index in [1.165, 1.54) is 0 Å². The number of hydrogen-bond donors (Lipinski definition) is 2. The van der Waals surface area contributed by atoms with E-state index in [9.17, 15) is 0 Å². The molecule has 2 rings (SSSR count). The summed E-state index contributed by atoms with van der Waals surface area (Å²) in [4.78, 5) is 0. The number of nitrogens with one attached hydrogen (secondary N) is 2. The van der Waals surface area contributed by atoms with Gasteiger partial charge < -0.3 is 9.73 Å². The summed E-state index contributed by atoms with van der Waals surface area (Å²) in [5.41, 5.74) is 0. The highest BCUT2D eigenvalue weighted by Crippen LogP contribution is 2.07. The van der Waals surface area contributed by atoms with Crippen LogP contribution in [0.2, 0.25) is 0 Å². The van der Waals surface area contributed by atoms with Crippen molar-refractivity contribution < 1.29 is 4.42 Å². The molecule has 0 amide bonds. The highest BCUT2D eigenvalue weighted by Gasteiger charge is 2.00. The molecule has 0 aliphatic rings. The minimum Gasteiger partial charge on any atom is -0.465 e. The first-order valence-corrected chi connectivity index (χ1v) is 3.87. The van der Waals surface area contributed by atoms with Crippen LogP contribution < -0.4 is 5.32 Å². The smallest absolute Gasteiger partial charge is 0.263 e. The number of anilines is 1. The van der Waals surface area contributed by atoms with Gasteiger partial charge in [-0.2, -0.15) is 5.21 Å². The fourth-order valence-corrected chi connectivity index (χ4v) is 0.983. The second-order valence-corrected chi connectivity index (χ2v) is 2.60. The van der Waals surface area contributed by atoms with Crippen LogP contribution in [0.15, 0.2) is 16.5 Å². The number of aryl methyl sites for hydroxylation is 1. The van der Waals surface area contributed by atoms with Crippen LogP contribution >= 0.6 is 0 Å². The summed E-state index contributed by atoms with van der Waals surface area (Å²) in [6, 6.07) is 3.82. The Bertz CT molecular complexity index is 366. The van der Waals surface area contributed by atoms with Crippen molar-refractivity contribution in [2.24, 2.45) is 0 Å². The number of nitrogens with zero attached hydrogens (tertiary/aromatic N) is 3. The van der Waals surface area contributed by atoms with Crippen LogP contribution in [0, 0.1) is 6.92 Å². The third-order valence-electron chi connectivity index (χ3n) is 1.56. The Balaban J connectivity index is 1.93. The molecule has 0 fully saturated rings. The Morgan fingerprint density at radius 3 is 3.08 bits per heavy atom. The van der Waals surface area contributed by atoms with E-state index >= 15 is 0 Å². The average Bonchev–Trinajstić information content (AvgIpc) is 2.71. The van der Waals surface area contributed by atoms with Gasteiger partial charge in [-0.1, -0.05) is 5.10 Å². The highest BCUT2D eigenvalue weighted by atomic mass is 16.3. The van der Waals surface area contributed by atoms with Gasteiger partial charge in [0, 0.05) is 0 Å². The summed E-state index contributed by atoms with van der Waals surface area (Å²) in [6.45, 7) is 2.46. The number of rotatable bonds is 3. The molecule has 0 atom stereocenters. The molecule has 2 aromatic heterocycles. The molecule has 0 saturated carbocycles. The summed E-state index contributed by atoms with van der Waals surface area (Å²) in [5.74, 6) is 2.21. The van der Waals surface area contributed by atoms with Crippen LogP contribution in [0.5, 0.6) is 0 Å². The molecule has 0 saturated heterocycles. The van der Waals surface area contributed by atoms with E-state index in [0.717, 1.165) is 11.5 Å². The van der Waals surface area contributed by atoms with Gasteiger partial charge in [-0.15, -0.1) is 5.10 Å². The van der Waals surface area contributed by atoms with Gasteiger partial charge >= 0.3 is 0 Å². The zero-order valence-electron chi connectivity index (χ0n) is 7.11. The fourth-order valence-electron chi connectivity index (χ4n) is 0.983. The maximum absolute atomic E-state index is 5.33. The first kappa shape index (κ1) is 7.78. The molecule has 0 unspecified atom stereocenters. The van der Waals surface area contributed by atoms with E-state index in [1.54, 1.807) is 0 Å². The van der Waals surface area contributed by atoms with Gasteiger partial charge in [-0.05, 0) is 24.3 Å². The molecule has 68 valence electrons. The first-order chi connectivity index (χ1) is 6.34. The largest absolute Gasteiger partial charge is 0.465 e. The summed E-state index contributed by atoms with van der Waals surface area (Å²) in [5, 5.41) is 16.2. The summed E-state index contributed by atoms with van der Waals surface area (Å²) >= 11 is 0. The fraction of sp³-hybridized carbons (Fsp3) is 0.286. The molecule has 0 aliphatic heterocycles. The van der Waals surface area contributed by atoms with Crippen molar-refractivity contribution in [2.45, 2.75) is 13.5 Å². The SMILES string of the molecule is Cc1ccc(CNc2nn[nH]n2)o1. The Morgan fingerprint density at radius 2 is 2.46 bits per heavy atom. The van der Waals surface area contributed by atoms with Gasteiger partial charge in [0.25, 0.3) is 5.95 Å². The van der Waals surface area contributed by atoms with Crippen LogP contribution in [-0.4, -0.2) is 20.6 Å². The van der Waals surface area contributed by atoms with Crippen LogP contribution in [0.4, 0.5) is 5.95 Å². The van der Waals surface area contributed by atoms with Crippen molar-refractivity contribution in [3.63, 3.8) is 0 Å². The predicted molar refractivity (Wildman–Crippen MR) is 44.9 cm³/mol. The Morgan fingerprint density at radius 1 is 1.54 bits per heavy atom. The maximum atomic E-state index is 5.33.